The van der Waals surface area contributed by atoms with Gasteiger partial charge >= 0.3 is 0 Å². The fourth-order valence-electron chi connectivity index (χ4n) is 3.18. The highest BCUT2D eigenvalue weighted by Crippen LogP contribution is 2.43. The van der Waals surface area contributed by atoms with Gasteiger partial charge in [0.15, 0.2) is 0 Å². The Morgan fingerprint density at radius 2 is 2.29 bits per heavy atom. The van der Waals surface area contributed by atoms with E-state index in [0.29, 0.717) is 16.7 Å². The summed E-state index contributed by atoms with van der Waals surface area (Å²) in [7, 11) is 1.63. The van der Waals surface area contributed by atoms with Crippen molar-refractivity contribution >= 4 is 22.9 Å². The van der Waals surface area contributed by atoms with E-state index in [1.165, 1.54) is 23.3 Å². The maximum Gasteiger partial charge on any atom is 0.137 e. The molecule has 1 aliphatic carbocycles. The molecule has 0 bridgehead atoms. The van der Waals surface area contributed by atoms with Crippen molar-refractivity contribution in [1.29, 1.82) is 0 Å². The number of halogens is 1. The van der Waals surface area contributed by atoms with Crippen LogP contribution in [-0.4, -0.2) is 7.11 Å². The minimum Gasteiger partial charge on any atom is -0.495 e. The van der Waals surface area contributed by atoms with Crippen molar-refractivity contribution in [3.63, 3.8) is 0 Å². The van der Waals surface area contributed by atoms with Crippen LogP contribution in [0.25, 0.3) is 0 Å². The van der Waals surface area contributed by atoms with Gasteiger partial charge in [0.2, 0.25) is 0 Å². The maximum atomic E-state index is 6.12. The van der Waals surface area contributed by atoms with Crippen LogP contribution in [0.5, 0.6) is 5.75 Å². The fourth-order valence-corrected chi connectivity index (χ4v) is 4.37. The Labute approximate surface area is 134 Å². The molecule has 5 heteroatoms. The number of aryl methyl sites for hydroxylation is 1. The molecule has 1 aliphatic rings. The fraction of sp³-hybridized carbons (Fsp3) is 0.375. The third-order valence-electron chi connectivity index (χ3n) is 4.21. The van der Waals surface area contributed by atoms with Crippen molar-refractivity contribution in [3.8, 4) is 5.75 Å². The number of nitrogens with two attached hydrogens (primary N) is 1. The monoisotopic (exact) mass is 322 g/mol. The van der Waals surface area contributed by atoms with E-state index >= 15 is 0 Å². The molecular weight excluding hydrogens is 304 g/mol. The standard InChI is InChI=1S/C16H19ClN2OS/c1-20-14-9-10(5-6-13(14)17)16(19-18)12-3-2-4-15-11(12)7-8-21-15/h5-9,12,16,19H,2-4,18H2,1H3. The number of methoxy groups -OCH3 is 1. The lowest BCUT2D eigenvalue weighted by Crippen LogP contribution is -2.33. The molecule has 2 aromatic rings. The Morgan fingerprint density at radius 1 is 1.43 bits per heavy atom. The number of thiophene rings is 1. The van der Waals surface area contributed by atoms with Crippen LogP contribution in [0.15, 0.2) is 29.6 Å². The van der Waals surface area contributed by atoms with Crippen LogP contribution in [0, 0.1) is 0 Å². The minimum atomic E-state index is 0.0739. The van der Waals surface area contributed by atoms with Crippen molar-refractivity contribution in [2.75, 3.05) is 7.11 Å². The van der Waals surface area contributed by atoms with Gasteiger partial charge in [-0.15, -0.1) is 11.3 Å². The highest BCUT2D eigenvalue weighted by atomic mass is 35.5. The zero-order valence-electron chi connectivity index (χ0n) is 11.9. The highest BCUT2D eigenvalue weighted by Gasteiger charge is 2.29. The van der Waals surface area contributed by atoms with Crippen molar-refractivity contribution in [1.82, 2.24) is 5.43 Å². The van der Waals surface area contributed by atoms with Crippen LogP contribution < -0.4 is 16.0 Å². The summed E-state index contributed by atoms with van der Waals surface area (Å²) >= 11 is 7.97. The second kappa shape index (κ2) is 6.36. The molecule has 1 aromatic heterocycles. The molecule has 2 unspecified atom stereocenters. The number of ether oxygens (including phenoxy) is 1. The van der Waals surface area contributed by atoms with Crippen LogP contribution in [-0.2, 0) is 6.42 Å². The van der Waals surface area contributed by atoms with Crippen molar-refractivity contribution in [2.24, 2.45) is 5.84 Å². The molecule has 3 nitrogen and oxygen atoms in total. The summed E-state index contributed by atoms with van der Waals surface area (Å²) in [4.78, 5) is 1.49. The molecule has 2 atom stereocenters. The third kappa shape index (κ3) is 2.81. The number of rotatable bonds is 4. The summed E-state index contributed by atoms with van der Waals surface area (Å²) < 4.78 is 5.32. The lowest BCUT2D eigenvalue weighted by molar-refractivity contribution is 0.399. The number of benzene rings is 1. The van der Waals surface area contributed by atoms with Gasteiger partial charge in [-0.25, -0.2) is 0 Å². The van der Waals surface area contributed by atoms with E-state index in [1.807, 2.05) is 29.5 Å². The molecule has 0 spiro atoms. The average molecular weight is 323 g/mol. The Morgan fingerprint density at radius 3 is 3.05 bits per heavy atom. The van der Waals surface area contributed by atoms with Gasteiger partial charge in [-0.1, -0.05) is 17.7 Å². The normalized spacial score (nSPS) is 19.1. The average Bonchev–Trinajstić information content (AvgIpc) is 2.99. The van der Waals surface area contributed by atoms with Crippen LogP contribution in [0.3, 0.4) is 0 Å². The zero-order valence-corrected chi connectivity index (χ0v) is 13.5. The summed E-state index contributed by atoms with van der Waals surface area (Å²) in [5, 5.41) is 2.80. The SMILES string of the molecule is COc1cc(C(NN)C2CCCc3sccc32)ccc1Cl. The molecule has 0 amide bonds. The lowest BCUT2D eigenvalue weighted by atomic mass is 9.80. The van der Waals surface area contributed by atoms with Gasteiger partial charge in [0.25, 0.3) is 0 Å². The molecule has 1 heterocycles. The summed E-state index contributed by atoms with van der Waals surface area (Å²) in [6.07, 6.45) is 3.54. The van der Waals surface area contributed by atoms with E-state index in [4.69, 9.17) is 22.2 Å². The Hall–Kier alpha value is -1.07. The minimum absolute atomic E-state index is 0.0739. The number of hydrazine groups is 1. The summed E-state index contributed by atoms with van der Waals surface area (Å²) in [6.45, 7) is 0. The van der Waals surface area contributed by atoms with Gasteiger partial charge in [0, 0.05) is 10.8 Å². The smallest absolute Gasteiger partial charge is 0.137 e. The summed E-state index contributed by atoms with van der Waals surface area (Å²) in [5.74, 6) is 6.96. The molecular formula is C16H19ClN2OS. The molecule has 3 rings (SSSR count). The van der Waals surface area contributed by atoms with Gasteiger partial charge in [-0.05, 0) is 54.0 Å². The number of fused-ring (bicyclic) bond motifs is 1. The number of nitrogens with one attached hydrogen (secondary N) is 1. The van der Waals surface area contributed by atoms with Gasteiger partial charge in [-0.3, -0.25) is 11.3 Å². The van der Waals surface area contributed by atoms with E-state index in [9.17, 15) is 0 Å². The lowest BCUT2D eigenvalue weighted by Gasteiger charge is -2.30. The molecule has 0 radical (unpaired) electrons. The predicted molar refractivity (Wildman–Crippen MR) is 88.1 cm³/mol. The number of hydrogen-bond acceptors (Lipinski definition) is 4. The van der Waals surface area contributed by atoms with Gasteiger partial charge < -0.3 is 4.74 Å². The molecule has 1 aromatic carbocycles. The maximum absolute atomic E-state index is 6.12. The number of hydrogen-bond donors (Lipinski definition) is 2. The first-order chi connectivity index (χ1) is 10.2. The van der Waals surface area contributed by atoms with Gasteiger partial charge in [0.05, 0.1) is 18.2 Å². The van der Waals surface area contributed by atoms with Gasteiger partial charge in [-0.2, -0.15) is 0 Å². The first-order valence-corrected chi connectivity index (χ1v) is 8.36. The Kier molecular flexibility index (Phi) is 4.50. The topological polar surface area (TPSA) is 47.3 Å². The molecule has 0 aliphatic heterocycles. The molecule has 3 N–H and O–H groups in total. The molecule has 21 heavy (non-hydrogen) atoms. The molecule has 0 fully saturated rings. The third-order valence-corrected chi connectivity index (χ3v) is 5.52. The van der Waals surface area contributed by atoms with Crippen LogP contribution >= 0.6 is 22.9 Å². The predicted octanol–water partition coefficient (Wildman–Crippen LogP) is 4.03. The van der Waals surface area contributed by atoms with E-state index in [1.54, 1.807) is 7.11 Å². The van der Waals surface area contributed by atoms with E-state index in [0.717, 1.165) is 12.0 Å². The largest absolute Gasteiger partial charge is 0.495 e. The molecule has 0 saturated heterocycles. The summed E-state index contributed by atoms with van der Waals surface area (Å²) in [6, 6.07) is 8.19. The molecule has 0 saturated carbocycles. The highest BCUT2D eigenvalue weighted by molar-refractivity contribution is 7.10. The van der Waals surface area contributed by atoms with E-state index < -0.39 is 0 Å². The van der Waals surface area contributed by atoms with Gasteiger partial charge in [0.1, 0.15) is 5.75 Å². The van der Waals surface area contributed by atoms with E-state index in [2.05, 4.69) is 16.9 Å². The zero-order chi connectivity index (χ0) is 14.8. The first kappa shape index (κ1) is 14.9. The second-order valence-corrected chi connectivity index (χ2v) is 6.74. The molecule has 112 valence electrons. The Bertz CT molecular complexity index is 628. The first-order valence-electron chi connectivity index (χ1n) is 7.10. The summed E-state index contributed by atoms with van der Waals surface area (Å²) in [5.41, 5.74) is 5.54. The van der Waals surface area contributed by atoms with Crippen LogP contribution in [0.2, 0.25) is 5.02 Å². The quantitative estimate of drug-likeness (QED) is 0.660. The van der Waals surface area contributed by atoms with Crippen LogP contribution in [0.4, 0.5) is 0 Å². The van der Waals surface area contributed by atoms with Crippen molar-refractivity contribution < 1.29 is 4.74 Å². The van der Waals surface area contributed by atoms with Crippen LogP contribution in [0.1, 0.15) is 40.8 Å². The second-order valence-electron chi connectivity index (χ2n) is 5.34. The Balaban J connectivity index is 1.96. The van der Waals surface area contributed by atoms with Crippen molar-refractivity contribution in [3.05, 3.63) is 50.7 Å². The van der Waals surface area contributed by atoms with Crippen molar-refractivity contribution in [2.45, 2.75) is 31.2 Å². The van der Waals surface area contributed by atoms with E-state index in [-0.39, 0.29) is 6.04 Å².